The first kappa shape index (κ1) is 31.8. The van der Waals surface area contributed by atoms with E-state index in [9.17, 15) is 4.79 Å². The molecule has 4 nitrogen and oxygen atoms in total. The summed E-state index contributed by atoms with van der Waals surface area (Å²) in [6.45, 7) is 22.0. The normalized spacial score (nSPS) is 15.2. The summed E-state index contributed by atoms with van der Waals surface area (Å²) in [5, 5.41) is 0. The quantitative estimate of drug-likeness (QED) is 0.107. The van der Waals surface area contributed by atoms with Crippen LogP contribution in [0.2, 0.25) is 58.9 Å². The Bertz CT molecular complexity index is 531. The van der Waals surface area contributed by atoms with Gasteiger partial charge in [0.15, 0.2) is 16.6 Å². The summed E-state index contributed by atoms with van der Waals surface area (Å²) in [5.74, 6) is -0.0245. The molecule has 0 radical (unpaired) electrons. The minimum Gasteiger partial charge on any atom is -0.520 e. The van der Waals surface area contributed by atoms with Gasteiger partial charge in [0.2, 0.25) is 8.32 Å². The van der Waals surface area contributed by atoms with E-state index in [1.54, 1.807) is 0 Å². The standard InChI is InChI=1S/C25H54O4Si3/c1-11-12-15-18-23(27-30(2,3)4)21-22-24(28-31(5,6)7)19-16-13-14-17-20-25(26)29-32(8,9)10/h21-24H,11-20H2,1-10H3/b22-21+/t23-,24+/m0/s1. The van der Waals surface area contributed by atoms with Gasteiger partial charge in [0, 0.05) is 6.42 Å². The fourth-order valence-electron chi connectivity index (χ4n) is 3.50. The molecule has 0 unspecified atom stereocenters. The Morgan fingerprint density at radius 2 is 1.09 bits per heavy atom. The largest absolute Gasteiger partial charge is 0.520 e. The molecule has 0 aromatic carbocycles. The van der Waals surface area contributed by atoms with E-state index in [-0.39, 0.29) is 18.2 Å². The monoisotopic (exact) mass is 502 g/mol. The van der Waals surface area contributed by atoms with Crippen LogP contribution in [0.5, 0.6) is 0 Å². The summed E-state index contributed by atoms with van der Waals surface area (Å²) >= 11 is 0. The molecular weight excluding hydrogens is 449 g/mol. The van der Waals surface area contributed by atoms with Gasteiger partial charge in [-0.05, 0) is 78.2 Å². The molecule has 32 heavy (non-hydrogen) atoms. The number of rotatable bonds is 18. The Labute approximate surface area is 203 Å². The average molecular weight is 503 g/mol. The van der Waals surface area contributed by atoms with Gasteiger partial charge in [-0.2, -0.15) is 0 Å². The molecule has 0 amide bonds. The van der Waals surface area contributed by atoms with Crippen LogP contribution in [0.25, 0.3) is 0 Å². The van der Waals surface area contributed by atoms with E-state index in [2.05, 4.69) is 78.0 Å². The van der Waals surface area contributed by atoms with E-state index in [0.717, 1.165) is 38.5 Å². The lowest BCUT2D eigenvalue weighted by Gasteiger charge is -2.27. The van der Waals surface area contributed by atoms with E-state index in [1.165, 1.54) is 19.3 Å². The summed E-state index contributed by atoms with van der Waals surface area (Å²) in [4.78, 5) is 11.9. The Morgan fingerprint density at radius 1 is 0.656 bits per heavy atom. The number of carbonyl (C=O) groups is 1. The topological polar surface area (TPSA) is 44.8 Å². The third kappa shape index (κ3) is 21.6. The van der Waals surface area contributed by atoms with Gasteiger partial charge in [-0.1, -0.05) is 57.6 Å². The molecule has 0 saturated carbocycles. The fraction of sp³-hybridized carbons (Fsp3) is 0.880. The van der Waals surface area contributed by atoms with Crippen LogP contribution in [0.15, 0.2) is 12.2 Å². The second-order valence-corrected chi connectivity index (χ2v) is 25.3. The molecule has 0 spiro atoms. The highest BCUT2D eigenvalue weighted by Crippen LogP contribution is 2.19. The summed E-state index contributed by atoms with van der Waals surface area (Å²) in [6, 6.07) is 0. The maximum atomic E-state index is 11.9. The van der Waals surface area contributed by atoms with Crippen molar-refractivity contribution in [3.8, 4) is 0 Å². The van der Waals surface area contributed by atoms with E-state index < -0.39 is 25.0 Å². The first-order valence-electron chi connectivity index (χ1n) is 12.9. The lowest BCUT2D eigenvalue weighted by Crippen LogP contribution is -2.33. The van der Waals surface area contributed by atoms with Crippen molar-refractivity contribution in [2.24, 2.45) is 0 Å². The van der Waals surface area contributed by atoms with Crippen molar-refractivity contribution in [3.63, 3.8) is 0 Å². The molecule has 0 heterocycles. The minimum atomic E-state index is -1.76. The van der Waals surface area contributed by atoms with Gasteiger partial charge in [0.25, 0.3) is 5.97 Å². The Morgan fingerprint density at radius 3 is 1.50 bits per heavy atom. The Hall–Kier alpha value is -0.219. The average Bonchev–Trinajstić information content (AvgIpc) is 2.58. The Balaban J connectivity index is 4.66. The van der Waals surface area contributed by atoms with Crippen molar-refractivity contribution < 1.29 is 18.1 Å². The zero-order chi connectivity index (χ0) is 24.8. The van der Waals surface area contributed by atoms with Crippen LogP contribution >= 0.6 is 0 Å². The van der Waals surface area contributed by atoms with E-state index >= 15 is 0 Å². The number of hydrogen-bond acceptors (Lipinski definition) is 4. The molecular formula is C25H54O4Si3. The zero-order valence-corrected chi connectivity index (χ0v) is 26.0. The lowest BCUT2D eigenvalue weighted by molar-refractivity contribution is -0.135. The maximum absolute atomic E-state index is 11.9. The molecule has 0 aliphatic rings. The SMILES string of the molecule is CCCCC[C@@H](/C=C/[C@@H](CCCCCCC(=O)O[Si](C)(C)C)O[Si](C)(C)C)O[Si](C)(C)C. The number of unbranched alkanes of at least 4 members (excludes halogenated alkanes) is 5. The van der Waals surface area contributed by atoms with Crippen LogP contribution < -0.4 is 0 Å². The van der Waals surface area contributed by atoms with Crippen LogP contribution in [0.4, 0.5) is 0 Å². The summed E-state index contributed by atoms with van der Waals surface area (Å²) in [7, 11) is -4.96. The molecule has 0 N–H and O–H groups in total. The minimum absolute atomic E-state index is 0.0245. The molecule has 0 aliphatic carbocycles. The van der Waals surface area contributed by atoms with Crippen molar-refractivity contribution >= 4 is 30.9 Å². The second-order valence-electron chi connectivity index (χ2n) is 12.0. The van der Waals surface area contributed by atoms with Crippen LogP contribution in [0.3, 0.4) is 0 Å². The van der Waals surface area contributed by atoms with Crippen molar-refractivity contribution in [1.29, 1.82) is 0 Å². The van der Waals surface area contributed by atoms with Gasteiger partial charge < -0.3 is 13.3 Å². The van der Waals surface area contributed by atoms with Gasteiger partial charge in [-0.25, -0.2) is 0 Å². The predicted molar refractivity (Wildman–Crippen MR) is 147 cm³/mol. The van der Waals surface area contributed by atoms with Crippen LogP contribution in [0.1, 0.15) is 71.1 Å². The van der Waals surface area contributed by atoms with Gasteiger partial charge in [-0.3, -0.25) is 4.79 Å². The smallest absolute Gasteiger partial charge is 0.292 e. The number of carbonyl (C=O) groups excluding carboxylic acids is 1. The highest BCUT2D eigenvalue weighted by molar-refractivity contribution is 6.71. The van der Waals surface area contributed by atoms with E-state index in [0.29, 0.717) is 6.42 Å². The van der Waals surface area contributed by atoms with E-state index in [4.69, 9.17) is 13.3 Å². The van der Waals surface area contributed by atoms with Crippen molar-refractivity contribution in [3.05, 3.63) is 12.2 Å². The van der Waals surface area contributed by atoms with Crippen LogP contribution in [-0.2, 0) is 18.1 Å². The Kier molecular flexibility index (Phi) is 15.5. The molecule has 0 aliphatic heterocycles. The molecule has 0 aromatic rings. The zero-order valence-electron chi connectivity index (χ0n) is 23.0. The second kappa shape index (κ2) is 15.6. The van der Waals surface area contributed by atoms with E-state index in [1.807, 2.05) is 0 Å². The maximum Gasteiger partial charge on any atom is 0.292 e. The summed E-state index contributed by atoms with van der Waals surface area (Å²) in [5.41, 5.74) is 0. The van der Waals surface area contributed by atoms with Crippen molar-refractivity contribution in [1.82, 2.24) is 0 Å². The van der Waals surface area contributed by atoms with Gasteiger partial charge in [0.1, 0.15) is 0 Å². The highest BCUT2D eigenvalue weighted by atomic mass is 28.4. The van der Waals surface area contributed by atoms with Crippen molar-refractivity contribution in [2.75, 3.05) is 0 Å². The molecule has 7 heteroatoms. The fourth-order valence-corrected chi connectivity index (χ4v) is 6.50. The molecule has 0 aromatic heterocycles. The molecule has 190 valence electrons. The predicted octanol–water partition coefficient (Wildman–Crippen LogP) is 8.28. The third-order valence-electron chi connectivity index (χ3n) is 4.68. The first-order chi connectivity index (χ1) is 14.6. The van der Waals surface area contributed by atoms with Gasteiger partial charge in [0.05, 0.1) is 12.2 Å². The molecule has 0 bridgehead atoms. The first-order valence-corrected chi connectivity index (χ1v) is 23.1. The number of hydrogen-bond donors (Lipinski definition) is 0. The molecule has 0 fully saturated rings. The van der Waals surface area contributed by atoms with Gasteiger partial charge in [-0.15, -0.1) is 0 Å². The van der Waals surface area contributed by atoms with Crippen LogP contribution in [-0.4, -0.2) is 43.1 Å². The summed E-state index contributed by atoms with van der Waals surface area (Å²) < 4.78 is 18.5. The lowest BCUT2D eigenvalue weighted by atomic mass is 10.1. The molecule has 0 saturated heterocycles. The van der Waals surface area contributed by atoms with Crippen LogP contribution in [0, 0.1) is 0 Å². The molecule has 2 atom stereocenters. The third-order valence-corrected chi connectivity index (χ3v) is 7.54. The molecule has 0 rings (SSSR count). The van der Waals surface area contributed by atoms with Crippen molar-refractivity contribution in [2.45, 2.75) is 142 Å². The highest BCUT2D eigenvalue weighted by Gasteiger charge is 2.22. The van der Waals surface area contributed by atoms with Gasteiger partial charge >= 0.3 is 0 Å². The summed E-state index contributed by atoms with van der Waals surface area (Å²) in [6.07, 6.45) is 15.6.